The Morgan fingerprint density at radius 2 is 1.88 bits per heavy atom. The molecule has 0 spiro atoms. The van der Waals surface area contributed by atoms with Crippen LogP contribution in [0.15, 0.2) is 36.4 Å². The van der Waals surface area contributed by atoms with Crippen LogP contribution in [0.25, 0.3) is 10.9 Å². The lowest BCUT2D eigenvalue weighted by Crippen LogP contribution is -2.10. The van der Waals surface area contributed by atoms with Crippen LogP contribution in [0.5, 0.6) is 0 Å². The molecule has 1 aromatic heterocycles. The molecule has 3 rings (SSSR count). The van der Waals surface area contributed by atoms with E-state index in [2.05, 4.69) is 20.2 Å². The molecule has 0 atom stereocenters. The first-order valence-electron chi connectivity index (χ1n) is 7.25. The molecule has 0 radical (unpaired) electrons. The van der Waals surface area contributed by atoms with Crippen molar-refractivity contribution in [3.8, 4) is 0 Å². The number of rotatable bonds is 4. The molecule has 0 saturated heterocycles. The standard InChI is InChI=1S/C17H15Cl2FN4/c1-24(2)9-10-3-6-15-12(7-10)16(23-17(19)22-15)21-11-4-5-14(20)13(18)8-11/h3-8H,9H2,1-2H3,(H,21,22,23). The van der Waals surface area contributed by atoms with Crippen LogP contribution in [-0.4, -0.2) is 29.0 Å². The van der Waals surface area contributed by atoms with E-state index in [1.165, 1.54) is 12.1 Å². The van der Waals surface area contributed by atoms with Crippen molar-refractivity contribution in [3.05, 3.63) is 58.1 Å². The van der Waals surface area contributed by atoms with Crippen LogP contribution in [0, 0.1) is 5.82 Å². The first-order valence-corrected chi connectivity index (χ1v) is 8.01. The number of nitrogens with zero attached hydrogens (tertiary/aromatic N) is 3. The molecule has 124 valence electrons. The third kappa shape index (κ3) is 3.75. The van der Waals surface area contributed by atoms with Gasteiger partial charge in [0.2, 0.25) is 5.28 Å². The second kappa shape index (κ2) is 6.89. The van der Waals surface area contributed by atoms with Crippen molar-refractivity contribution in [3.63, 3.8) is 0 Å². The zero-order valence-corrected chi connectivity index (χ0v) is 14.7. The normalized spacial score (nSPS) is 11.2. The molecule has 0 aliphatic carbocycles. The molecular formula is C17H15Cl2FN4. The van der Waals surface area contributed by atoms with E-state index < -0.39 is 5.82 Å². The highest BCUT2D eigenvalue weighted by Gasteiger charge is 2.10. The lowest BCUT2D eigenvalue weighted by molar-refractivity contribution is 0.403. The number of hydrogen-bond acceptors (Lipinski definition) is 4. The molecule has 1 heterocycles. The summed E-state index contributed by atoms with van der Waals surface area (Å²) in [5.41, 5.74) is 2.47. The molecule has 7 heteroatoms. The predicted molar refractivity (Wildman–Crippen MR) is 96.6 cm³/mol. The summed E-state index contributed by atoms with van der Waals surface area (Å²) in [5, 5.41) is 4.15. The summed E-state index contributed by atoms with van der Waals surface area (Å²) in [4.78, 5) is 10.6. The summed E-state index contributed by atoms with van der Waals surface area (Å²) >= 11 is 11.8. The van der Waals surface area contributed by atoms with Crippen molar-refractivity contribution >= 4 is 45.6 Å². The van der Waals surface area contributed by atoms with Crippen LogP contribution in [0.3, 0.4) is 0 Å². The Bertz CT molecular complexity index is 899. The van der Waals surface area contributed by atoms with E-state index in [0.717, 1.165) is 23.0 Å². The lowest BCUT2D eigenvalue weighted by Gasteiger charge is -2.13. The molecule has 0 fully saturated rings. The number of fused-ring (bicyclic) bond motifs is 1. The fraction of sp³-hybridized carbons (Fsp3) is 0.176. The zero-order chi connectivity index (χ0) is 17.3. The van der Waals surface area contributed by atoms with Gasteiger partial charge in [0.05, 0.1) is 10.5 Å². The molecule has 0 saturated carbocycles. The van der Waals surface area contributed by atoms with E-state index in [4.69, 9.17) is 23.2 Å². The molecule has 4 nitrogen and oxygen atoms in total. The molecule has 0 amide bonds. The van der Waals surface area contributed by atoms with Crippen LogP contribution in [0.1, 0.15) is 5.56 Å². The number of halogens is 3. The quantitative estimate of drug-likeness (QED) is 0.669. The van der Waals surface area contributed by atoms with Crippen molar-refractivity contribution in [1.82, 2.24) is 14.9 Å². The largest absolute Gasteiger partial charge is 0.340 e. The smallest absolute Gasteiger partial charge is 0.224 e. The molecule has 0 aliphatic heterocycles. The Labute approximate surface area is 149 Å². The average molecular weight is 365 g/mol. The van der Waals surface area contributed by atoms with Crippen LogP contribution in [0.4, 0.5) is 15.9 Å². The van der Waals surface area contributed by atoms with E-state index in [1.807, 2.05) is 32.3 Å². The van der Waals surface area contributed by atoms with Gasteiger partial charge in [-0.1, -0.05) is 17.7 Å². The summed E-state index contributed by atoms with van der Waals surface area (Å²) in [6.07, 6.45) is 0. The molecule has 1 N–H and O–H groups in total. The number of anilines is 2. The van der Waals surface area contributed by atoms with Gasteiger partial charge in [-0.25, -0.2) is 9.37 Å². The molecular weight excluding hydrogens is 350 g/mol. The first-order chi connectivity index (χ1) is 11.4. The summed E-state index contributed by atoms with van der Waals surface area (Å²) in [7, 11) is 4.00. The molecule has 0 bridgehead atoms. The van der Waals surface area contributed by atoms with Crippen LogP contribution in [0.2, 0.25) is 10.3 Å². The van der Waals surface area contributed by atoms with Gasteiger partial charge in [0.15, 0.2) is 0 Å². The van der Waals surface area contributed by atoms with E-state index in [1.54, 1.807) is 6.07 Å². The minimum absolute atomic E-state index is 0.0396. The topological polar surface area (TPSA) is 41.1 Å². The number of nitrogens with one attached hydrogen (secondary N) is 1. The van der Waals surface area contributed by atoms with Crippen molar-refractivity contribution in [1.29, 1.82) is 0 Å². The van der Waals surface area contributed by atoms with Gasteiger partial charge in [0, 0.05) is 17.6 Å². The third-order valence-electron chi connectivity index (χ3n) is 3.41. The van der Waals surface area contributed by atoms with E-state index in [0.29, 0.717) is 11.5 Å². The fourth-order valence-corrected chi connectivity index (χ4v) is 2.77. The third-order valence-corrected chi connectivity index (χ3v) is 3.87. The van der Waals surface area contributed by atoms with Crippen LogP contribution in [-0.2, 0) is 6.54 Å². The Morgan fingerprint density at radius 3 is 2.58 bits per heavy atom. The van der Waals surface area contributed by atoms with Crippen LogP contribution < -0.4 is 5.32 Å². The molecule has 24 heavy (non-hydrogen) atoms. The predicted octanol–water partition coefficient (Wildman–Crippen LogP) is 4.88. The highest BCUT2D eigenvalue weighted by molar-refractivity contribution is 6.31. The Balaban J connectivity index is 2.05. The molecule has 0 unspecified atom stereocenters. The van der Waals surface area contributed by atoms with E-state index >= 15 is 0 Å². The second-order valence-electron chi connectivity index (χ2n) is 5.68. The van der Waals surface area contributed by atoms with Gasteiger partial charge in [0.1, 0.15) is 11.6 Å². The van der Waals surface area contributed by atoms with Gasteiger partial charge in [-0.05, 0) is 61.6 Å². The summed E-state index contributed by atoms with van der Waals surface area (Å²) in [6, 6.07) is 10.3. The maximum Gasteiger partial charge on any atom is 0.224 e. The lowest BCUT2D eigenvalue weighted by atomic mass is 10.1. The number of benzene rings is 2. The second-order valence-corrected chi connectivity index (χ2v) is 6.43. The van der Waals surface area contributed by atoms with E-state index in [9.17, 15) is 4.39 Å². The molecule has 3 aromatic rings. The van der Waals surface area contributed by atoms with Gasteiger partial charge in [-0.15, -0.1) is 0 Å². The molecule has 0 aliphatic rings. The van der Waals surface area contributed by atoms with E-state index in [-0.39, 0.29) is 10.3 Å². The van der Waals surface area contributed by atoms with Gasteiger partial charge >= 0.3 is 0 Å². The first kappa shape index (κ1) is 16.9. The Kier molecular flexibility index (Phi) is 4.85. The van der Waals surface area contributed by atoms with Gasteiger partial charge in [0.25, 0.3) is 0 Å². The van der Waals surface area contributed by atoms with Gasteiger partial charge < -0.3 is 10.2 Å². The van der Waals surface area contributed by atoms with Gasteiger partial charge in [-0.3, -0.25) is 0 Å². The molecule has 2 aromatic carbocycles. The van der Waals surface area contributed by atoms with Gasteiger partial charge in [-0.2, -0.15) is 4.98 Å². The van der Waals surface area contributed by atoms with Crippen molar-refractivity contribution in [2.24, 2.45) is 0 Å². The van der Waals surface area contributed by atoms with Crippen molar-refractivity contribution < 1.29 is 4.39 Å². The maximum atomic E-state index is 13.3. The summed E-state index contributed by atoms with van der Waals surface area (Å²) in [5.74, 6) is 0.0781. The minimum Gasteiger partial charge on any atom is -0.340 e. The SMILES string of the molecule is CN(C)Cc1ccc2nc(Cl)nc(Nc3ccc(F)c(Cl)c3)c2c1. The zero-order valence-electron chi connectivity index (χ0n) is 13.1. The Hall–Kier alpha value is -1.95. The fourth-order valence-electron chi connectivity index (χ4n) is 2.42. The number of hydrogen-bond donors (Lipinski definition) is 1. The Morgan fingerprint density at radius 1 is 1.08 bits per heavy atom. The maximum absolute atomic E-state index is 13.3. The van der Waals surface area contributed by atoms with Crippen molar-refractivity contribution in [2.45, 2.75) is 6.54 Å². The summed E-state index contributed by atoms with van der Waals surface area (Å²) in [6.45, 7) is 0.792. The average Bonchev–Trinajstić information content (AvgIpc) is 2.51. The van der Waals surface area contributed by atoms with Crippen molar-refractivity contribution in [2.75, 3.05) is 19.4 Å². The monoisotopic (exact) mass is 364 g/mol. The highest BCUT2D eigenvalue weighted by Crippen LogP contribution is 2.28. The minimum atomic E-state index is -0.471. The number of aromatic nitrogens is 2. The van der Waals surface area contributed by atoms with Crippen LogP contribution >= 0.6 is 23.2 Å². The highest BCUT2D eigenvalue weighted by atomic mass is 35.5. The summed E-state index contributed by atoms with van der Waals surface area (Å²) < 4.78 is 13.3.